The highest BCUT2D eigenvalue weighted by molar-refractivity contribution is 5.95. The standard InChI is InChI=1S/C18H22N2O3/c1-12-6-5-7-13(2)20(12)17(21)11-23-18(22)16-10-14-8-3-4-9-15(14)19-16/h3-4,8-10,12-13,19H,5-7,11H2,1-2H3/t12-,13-/m1/s1. The molecule has 0 aliphatic carbocycles. The molecule has 1 saturated heterocycles. The number of carbonyl (C=O) groups is 2. The second kappa shape index (κ2) is 6.44. The maximum atomic E-state index is 12.4. The van der Waals surface area contributed by atoms with Crippen molar-refractivity contribution >= 4 is 22.8 Å². The minimum Gasteiger partial charge on any atom is -0.451 e. The second-order valence-electron chi connectivity index (χ2n) is 6.28. The Kier molecular flexibility index (Phi) is 4.37. The van der Waals surface area contributed by atoms with Gasteiger partial charge in [0.2, 0.25) is 0 Å². The van der Waals surface area contributed by atoms with Gasteiger partial charge in [0.15, 0.2) is 6.61 Å². The summed E-state index contributed by atoms with van der Waals surface area (Å²) >= 11 is 0. The molecule has 1 aliphatic heterocycles. The fourth-order valence-electron chi connectivity index (χ4n) is 3.38. The summed E-state index contributed by atoms with van der Waals surface area (Å²) in [5, 5.41) is 0.948. The first-order chi connectivity index (χ1) is 11.1. The number of nitrogens with one attached hydrogen (secondary N) is 1. The summed E-state index contributed by atoms with van der Waals surface area (Å²) in [6, 6.07) is 9.79. The number of piperidine rings is 1. The van der Waals surface area contributed by atoms with E-state index in [0.29, 0.717) is 5.69 Å². The van der Waals surface area contributed by atoms with Crippen molar-refractivity contribution < 1.29 is 14.3 Å². The van der Waals surface area contributed by atoms with Gasteiger partial charge in [-0.3, -0.25) is 4.79 Å². The molecule has 1 aromatic heterocycles. The van der Waals surface area contributed by atoms with Crippen molar-refractivity contribution in [3.63, 3.8) is 0 Å². The van der Waals surface area contributed by atoms with Crippen molar-refractivity contribution in [2.75, 3.05) is 6.61 Å². The number of rotatable bonds is 3. The number of esters is 1. The third kappa shape index (κ3) is 3.23. The highest BCUT2D eigenvalue weighted by Crippen LogP contribution is 2.22. The van der Waals surface area contributed by atoms with Crippen molar-refractivity contribution in [3.8, 4) is 0 Å². The number of benzene rings is 1. The van der Waals surface area contributed by atoms with Crippen LogP contribution in [0.25, 0.3) is 10.9 Å². The number of ether oxygens (including phenoxy) is 1. The predicted octanol–water partition coefficient (Wildman–Crippen LogP) is 3.11. The predicted molar refractivity (Wildman–Crippen MR) is 88.2 cm³/mol. The van der Waals surface area contributed by atoms with Gasteiger partial charge in [-0.05, 0) is 45.2 Å². The third-order valence-electron chi connectivity index (χ3n) is 4.56. The van der Waals surface area contributed by atoms with Crippen LogP contribution in [0.1, 0.15) is 43.6 Å². The van der Waals surface area contributed by atoms with E-state index in [1.807, 2.05) is 43.0 Å². The molecule has 2 atom stereocenters. The van der Waals surface area contributed by atoms with E-state index in [-0.39, 0.29) is 24.6 Å². The van der Waals surface area contributed by atoms with Crippen LogP contribution in [0.3, 0.4) is 0 Å². The van der Waals surface area contributed by atoms with E-state index in [4.69, 9.17) is 4.74 Å². The van der Waals surface area contributed by atoms with Gasteiger partial charge in [-0.25, -0.2) is 4.79 Å². The zero-order valence-corrected chi connectivity index (χ0v) is 13.5. The van der Waals surface area contributed by atoms with E-state index in [9.17, 15) is 9.59 Å². The van der Waals surface area contributed by atoms with Crippen LogP contribution < -0.4 is 0 Å². The number of carbonyl (C=O) groups excluding carboxylic acids is 2. The first-order valence-corrected chi connectivity index (χ1v) is 8.12. The molecule has 0 radical (unpaired) electrons. The average molecular weight is 314 g/mol. The zero-order valence-electron chi connectivity index (χ0n) is 13.5. The SMILES string of the molecule is C[C@@H]1CCC[C@@H](C)N1C(=O)COC(=O)c1cc2ccccc2[nH]1. The van der Waals surface area contributed by atoms with Crippen LogP contribution in [0.5, 0.6) is 0 Å². The zero-order chi connectivity index (χ0) is 16.4. The Morgan fingerprint density at radius 2 is 1.91 bits per heavy atom. The first kappa shape index (κ1) is 15.6. The molecule has 0 spiro atoms. The highest BCUT2D eigenvalue weighted by Gasteiger charge is 2.29. The molecule has 122 valence electrons. The molecule has 0 bridgehead atoms. The van der Waals surface area contributed by atoms with Gasteiger partial charge in [-0.15, -0.1) is 0 Å². The van der Waals surface area contributed by atoms with Gasteiger partial charge in [0.05, 0.1) is 0 Å². The number of hydrogen-bond acceptors (Lipinski definition) is 3. The smallest absolute Gasteiger partial charge is 0.355 e. The lowest BCUT2D eigenvalue weighted by Crippen LogP contribution is -2.49. The number of likely N-dealkylation sites (tertiary alicyclic amines) is 1. The fourth-order valence-corrected chi connectivity index (χ4v) is 3.38. The maximum absolute atomic E-state index is 12.4. The van der Waals surface area contributed by atoms with E-state index in [1.54, 1.807) is 6.07 Å². The van der Waals surface area contributed by atoms with Gasteiger partial charge in [0.1, 0.15) is 5.69 Å². The number of nitrogens with zero attached hydrogens (tertiary/aromatic N) is 1. The monoisotopic (exact) mass is 314 g/mol. The molecule has 1 aromatic carbocycles. The van der Waals surface area contributed by atoms with Crippen molar-refractivity contribution in [1.29, 1.82) is 0 Å². The molecular formula is C18H22N2O3. The Balaban J connectivity index is 1.63. The van der Waals surface area contributed by atoms with E-state index < -0.39 is 5.97 Å². The van der Waals surface area contributed by atoms with E-state index in [0.717, 1.165) is 30.2 Å². The molecule has 1 N–H and O–H groups in total. The molecule has 1 aliphatic rings. The summed E-state index contributed by atoms with van der Waals surface area (Å²) in [4.78, 5) is 29.4. The highest BCUT2D eigenvalue weighted by atomic mass is 16.5. The van der Waals surface area contributed by atoms with Crippen LogP contribution in [0, 0.1) is 0 Å². The molecule has 1 fully saturated rings. The number of aromatic amines is 1. The van der Waals surface area contributed by atoms with Crippen LogP contribution in [0.4, 0.5) is 0 Å². The van der Waals surface area contributed by atoms with E-state index in [1.165, 1.54) is 0 Å². The van der Waals surface area contributed by atoms with Crippen molar-refractivity contribution in [2.45, 2.75) is 45.2 Å². The van der Waals surface area contributed by atoms with Crippen molar-refractivity contribution in [2.24, 2.45) is 0 Å². The Labute approximate surface area is 135 Å². The van der Waals surface area contributed by atoms with E-state index in [2.05, 4.69) is 4.98 Å². The molecular weight excluding hydrogens is 292 g/mol. The Morgan fingerprint density at radius 1 is 1.22 bits per heavy atom. The lowest BCUT2D eigenvalue weighted by atomic mass is 9.97. The normalized spacial score (nSPS) is 21.4. The molecule has 1 amide bonds. The first-order valence-electron chi connectivity index (χ1n) is 8.12. The third-order valence-corrected chi connectivity index (χ3v) is 4.56. The number of H-pyrrole nitrogens is 1. The van der Waals surface area contributed by atoms with Crippen LogP contribution in [0.15, 0.2) is 30.3 Å². The Morgan fingerprint density at radius 3 is 2.61 bits per heavy atom. The van der Waals surface area contributed by atoms with Gasteiger partial charge in [0.25, 0.3) is 5.91 Å². The molecule has 5 heteroatoms. The van der Waals surface area contributed by atoms with Crippen LogP contribution in [-0.2, 0) is 9.53 Å². The largest absolute Gasteiger partial charge is 0.451 e. The number of amides is 1. The summed E-state index contributed by atoms with van der Waals surface area (Å²) in [5.41, 5.74) is 1.25. The fraction of sp³-hybridized carbons (Fsp3) is 0.444. The Hall–Kier alpha value is -2.30. The number of fused-ring (bicyclic) bond motifs is 1. The summed E-state index contributed by atoms with van der Waals surface area (Å²) in [6.07, 6.45) is 3.15. The molecule has 3 rings (SSSR count). The van der Waals surface area contributed by atoms with E-state index >= 15 is 0 Å². The minimum atomic E-state index is -0.494. The lowest BCUT2D eigenvalue weighted by Gasteiger charge is -2.38. The lowest BCUT2D eigenvalue weighted by molar-refractivity contribution is -0.140. The molecule has 23 heavy (non-hydrogen) atoms. The second-order valence-corrected chi connectivity index (χ2v) is 6.28. The van der Waals surface area contributed by atoms with Gasteiger partial charge in [0, 0.05) is 23.0 Å². The van der Waals surface area contributed by atoms with Gasteiger partial charge in [-0.2, -0.15) is 0 Å². The van der Waals surface area contributed by atoms with Crippen LogP contribution in [0.2, 0.25) is 0 Å². The van der Waals surface area contributed by atoms with Crippen molar-refractivity contribution in [3.05, 3.63) is 36.0 Å². The minimum absolute atomic E-state index is 0.117. The van der Waals surface area contributed by atoms with Gasteiger partial charge >= 0.3 is 5.97 Å². The van der Waals surface area contributed by atoms with Crippen LogP contribution >= 0.6 is 0 Å². The molecule has 2 aromatic rings. The maximum Gasteiger partial charge on any atom is 0.355 e. The topological polar surface area (TPSA) is 62.4 Å². The summed E-state index contributed by atoms with van der Waals surface area (Å²) < 4.78 is 5.21. The summed E-state index contributed by atoms with van der Waals surface area (Å²) in [7, 11) is 0. The number of hydrogen-bond donors (Lipinski definition) is 1. The number of para-hydroxylation sites is 1. The summed E-state index contributed by atoms with van der Waals surface area (Å²) in [6.45, 7) is 3.89. The summed E-state index contributed by atoms with van der Waals surface area (Å²) in [5.74, 6) is -0.610. The Bertz CT molecular complexity index is 679. The molecule has 0 unspecified atom stereocenters. The molecule has 0 saturated carbocycles. The van der Waals surface area contributed by atoms with Gasteiger partial charge < -0.3 is 14.6 Å². The quantitative estimate of drug-likeness (QED) is 0.885. The van der Waals surface area contributed by atoms with Crippen molar-refractivity contribution in [1.82, 2.24) is 9.88 Å². The van der Waals surface area contributed by atoms with Gasteiger partial charge in [-0.1, -0.05) is 18.2 Å². The average Bonchev–Trinajstić information content (AvgIpc) is 2.96. The molecule has 2 heterocycles. The number of aromatic nitrogens is 1. The molecule has 5 nitrogen and oxygen atoms in total. The van der Waals surface area contributed by atoms with Crippen LogP contribution in [-0.4, -0.2) is 40.5 Å².